The fourth-order valence-electron chi connectivity index (χ4n) is 2.16. The highest BCUT2D eigenvalue weighted by atomic mass is 16.2. The van der Waals surface area contributed by atoms with Crippen molar-refractivity contribution in [3.63, 3.8) is 0 Å². The first kappa shape index (κ1) is 12.9. The normalized spacial score (nSPS) is 13.6. The molecular weight excluding hydrogens is 228 g/mol. The van der Waals surface area contributed by atoms with Crippen molar-refractivity contribution in [2.75, 3.05) is 25.0 Å². The molecule has 0 saturated carbocycles. The summed E-state index contributed by atoms with van der Waals surface area (Å²) in [5.41, 5.74) is 3.10. The molecule has 0 aliphatic carbocycles. The van der Waals surface area contributed by atoms with E-state index in [-0.39, 0.29) is 12.5 Å². The van der Waals surface area contributed by atoms with Gasteiger partial charge in [0, 0.05) is 30.9 Å². The number of hydrogen-bond acceptors (Lipinski definition) is 3. The molecule has 1 aliphatic rings. The number of fused-ring (bicyclic) bond motifs is 1. The number of hydrogen-bond donors (Lipinski definition) is 3. The summed E-state index contributed by atoms with van der Waals surface area (Å²) in [4.78, 5) is 11.9. The van der Waals surface area contributed by atoms with E-state index in [1.807, 2.05) is 18.2 Å². The van der Waals surface area contributed by atoms with E-state index < -0.39 is 0 Å². The SMILES string of the molecule is O=C(NCCCCO)c1ccc2c(c1)CCCN2. The molecule has 1 aromatic carbocycles. The van der Waals surface area contributed by atoms with Crippen LogP contribution in [0.3, 0.4) is 0 Å². The molecule has 1 amide bonds. The van der Waals surface area contributed by atoms with Gasteiger partial charge in [-0.15, -0.1) is 0 Å². The first-order valence-electron chi connectivity index (χ1n) is 6.57. The highest BCUT2D eigenvalue weighted by molar-refractivity contribution is 5.94. The minimum absolute atomic E-state index is 0.0266. The molecule has 0 radical (unpaired) electrons. The van der Waals surface area contributed by atoms with Gasteiger partial charge in [-0.2, -0.15) is 0 Å². The van der Waals surface area contributed by atoms with E-state index >= 15 is 0 Å². The predicted molar refractivity (Wildman–Crippen MR) is 71.9 cm³/mol. The summed E-state index contributed by atoms with van der Waals surface area (Å²) in [6, 6.07) is 5.82. The van der Waals surface area contributed by atoms with E-state index in [0.29, 0.717) is 6.54 Å². The van der Waals surface area contributed by atoms with Gasteiger partial charge in [0.1, 0.15) is 0 Å². The Bertz CT molecular complexity index is 418. The fourth-order valence-corrected chi connectivity index (χ4v) is 2.16. The number of unbranched alkanes of at least 4 members (excludes halogenated alkanes) is 1. The molecule has 98 valence electrons. The Hall–Kier alpha value is -1.55. The summed E-state index contributed by atoms with van der Waals surface area (Å²) in [5.74, 6) is -0.0266. The molecule has 4 heteroatoms. The fraction of sp³-hybridized carbons (Fsp3) is 0.500. The number of nitrogens with one attached hydrogen (secondary N) is 2. The summed E-state index contributed by atoms with van der Waals surface area (Å²) in [5, 5.41) is 14.9. The molecular formula is C14H20N2O2. The summed E-state index contributed by atoms with van der Waals surface area (Å²) in [6.07, 6.45) is 3.70. The maximum Gasteiger partial charge on any atom is 0.251 e. The van der Waals surface area contributed by atoms with Crippen molar-refractivity contribution in [2.24, 2.45) is 0 Å². The molecule has 2 rings (SSSR count). The molecule has 1 aliphatic heterocycles. The second kappa shape index (κ2) is 6.40. The van der Waals surface area contributed by atoms with Crippen LogP contribution in [0.5, 0.6) is 0 Å². The number of amides is 1. The third-order valence-corrected chi connectivity index (χ3v) is 3.18. The van der Waals surface area contributed by atoms with Crippen molar-refractivity contribution in [1.29, 1.82) is 0 Å². The van der Waals surface area contributed by atoms with Crippen molar-refractivity contribution in [1.82, 2.24) is 5.32 Å². The second-order valence-electron chi connectivity index (χ2n) is 4.59. The van der Waals surface area contributed by atoms with Gasteiger partial charge in [0.25, 0.3) is 5.91 Å². The minimum Gasteiger partial charge on any atom is -0.396 e. The number of aliphatic hydroxyl groups excluding tert-OH is 1. The molecule has 0 spiro atoms. The lowest BCUT2D eigenvalue weighted by molar-refractivity contribution is 0.0952. The lowest BCUT2D eigenvalue weighted by Gasteiger charge is -2.18. The Kier molecular flexibility index (Phi) is 4.59. The number of aryl methyl sites for hydroxylation is 1. The van der Waals surface area contributed by atoms with Crippen LogP contribution in [0.2, 0.25) is 0 Å². The third-order valence-electron chi connectivity index (χ3n) is 3.18. The summed E-state index contributed by atoms with van der Waals surface area (Å²) in [6.45, 7) is 1.81. The van der Waals surface area contributed by atoms with Crippen LogP contribution < -0.4 is 10.6 Å². The third kappa shape index (κ3) is 3.23. The van der Waals surface area contributed by atoms with Crippen LogP contribution in [0.15, 0.2) is 18.2 Å². The van der Waals surface area contributed by atoms with Gasteiger partial charge in [-0.1, -0.05) is 0 Å². The highest BCUT2D eigenvalue weighted by Crippen LogP contribution is 2.22. The smallest absolute Gasteiger partial charge is 0.251 e. The van der Waals surface area contributed by atoms with Crippen molar-refractivity contribution in [3.8, 4) is 0 Å². The van der Waals surface area contributed by atoms with E-state index in [4.69, 9.17) is 5.11 Å². The maximum atomic E-state index is 11.9. The number of carbonyl (C=O) groups is 1. The Morgan fingerprint density at radius 3 is 3.11 bits per heavy atom. The lowest BCUT2D eigenvalue weighted by Crippen LogP contribution is -2.25. The van der Waals surface area contributed by atoms with Crippen LogP contribution in [0.1, 0.15) is 35.2 Å². The van der Waals surface area contributed by atoms with Gasteiger partial charge >= 0.3 is 0 Å². The van der Waals surface area contributed by atoms with Crippen molar-refractivity contribution in [3.05, 3.63) is 29.3 Å². The Labute approximate surface area is 107 Å². The Balaban J connectivity index is 1.94. The van der Waals surface area contributed by atoms with Gasteiger partial charge in [0.05, 0.1) is 0 Å². The molecule has 0 aromatic heterocycles. The lowest BCUT2D eigenvalue weighted by atomic mass is 10.0. The number of rotatable bonds is 5. The van der Waals surface area contributed by atoms with Crippen molar-refractivity contribution in [2.45, 2.75) is 25.7 Å². The summed E-state index contributed by atoms with van der Waals surface area (Å²) < 4.78 is 0. The standard InChI is InChI=1S/C14H20N2O2/c17-9-2-1-7-16-14(18)12-5-6-13-11(10-12)4-3-8-15-13/h5-6,10,15,17H,1-4,7-9H2,(H,16,18). The average Bonchev–Trinajstić information content (AvgIpc) is 2.43. The summed E-state index contributed by atoms with van der Waals surface area (Å²) in [7, 11) is 0. The minimum atomic E-state index is -0.0266. The van der Waals surface area contributed by atoms with Crippen molar-refractivity contribution < 1.29 is 9.90 Å². The largest absolute Gasteiger partial charge is 0.396 e. The van der Waals surface area contributed by atoms with Gasteiger partial charge in [-0.25, -0.2) is 0 Å². The van der Waals surface area contributed by atoms with Crippen LogP contribution in [0, 0.1) is 0 Å². The molecule has 1 heterocycles. The topological polar surface area (TPSA) is 61.4 Å². The van der Waals surface area contributed by atoms with Crippen LogP contribution in [-0.4, -0.2) is 30.7 Å². The molecule has 0 unspecified atom stereocenters. The first-order chi connectivity index (χ1) is 8.81. The van der Waals surface area contributed by atoms with E-state index in [1.54, 1.807) is 0 Å². The molecule has 0 saturated heterocycles. The molecule has 0 fully saturated rings. The number of anilines is 1. The molecule has 18 heavy (non-hydrogen) atoms. The van der Waals surface area contributed by atoms with Gasteiger partial charge < -0.3 is 15.7 Å². The van der Waals surface area contributed by atoms with Gasteiger partial charge in [-0.3, -0.25) is 4.79 Å². The van der Waals surface area contributed by atoms with Crippen molar-refractivity contribution >= 4 is 11.6 Å². The van der Waals surface area contributed by atoms with E-state index in [2.05, 4.69) is 10.6 Å². The molecule has 0 atom stereocenters. The van der Waals surface area contributed by atoms with Crippen LogP contribution in [0.4, 0.5) is 5.69 Å². The molecule has 4 nitrogen and oxygen atoms in total. The summed E-state index contributed by atoms with van der Waals surface area (Å²) >= 11 is 0. The van der Waals surface area contributed by atoms with E-state index in [9.17, 15) is 4.79 Å². The van der Waals surface area contributed by atoms with E-state index in [1.165, 1.54) is 5.56 Å². The Morgan fingerprint density at radius 1 is 1.39 bits per heavy atom. The maximum absolute atomic E-state index is 11.9. The number of carbonyl (C=O) groups excluding carboxylic acids is 1. The van der Waals surface area contributed by atoms with Gasteiger partial charge in [-0.05, 0) is 49.4 Å². The zero-order chi connectivity index (χ0) is 12.8. The zero-order valence-corrected chi connectivity index (χ0v) is 10.5. The highest BCUT2D eigenvalue weighted by Gasteiger charge is 2.11. The second-order valence-corrected chi connectivity index (χ2v) is 4.59. The van der Waals surface area contributed by atoms with Crippen LogP contribution in [0.25, 0.3) is 0 Å². The first-order valence-corrected chi connectivity index (χ1v) is 6.57. The van der Waals surface area contributed by atoms with Gasteiger partial charge in [0.2, 0.25) is 0 Å². The molecule has 0 bridgehead atoms. The van der Waals surface area contributed by atoms with Gasteiger partial charge in [0.15, 0.2) is 0 Å². The van der Waals surface area contributed by atoms with Crippen LogP contribution >= 0.6 is 0 Å². The predicted octanol–water partition coefficient (Wildman–Crippen LogP) is 1.55. The molecule has 3 N–H and O–H groups in total. The average molecular weight is 248 g/mol. The Morgan fingerprint density at radius 2 is 2.28 bits per heavy atom. The molecule has 1 aromatic rings. The van der Waals surface area contributed by atoms with Crippen LogP contribution in [-0.2, 0) is 6.42 Å². The number of aliphatic hydroxyl groups is 1. The quantitative estimate of drug-likeness (QED) is 0.693. The van der Waals surface area contributed by atoms with E-state index in [0.717, 1.165) is 43.5 Å². The zero-order valence-electron chi connectivity index (χ0n) is 10.5. The monoisotopic (exact) mass is 248 g/mol. The number of benzene rings is 1.